The van der Waals surface area contributed by atoms with Crippen molar-refractivity contribution in [3.05, 3.63) is 64.4 Å². The third-order valence-electron chi connectivity index (χ3n) is 3.86. The summed E-state index contributed by atoms with van der Waals surface area (Å²) in [4.78, 5) is 13.4. The highest BCUT2D eigenvalue weighted by Crippen LogP contribution is 2.18. The summed E-state index contributed by atoms with van der Waals surface area (Å²) in [5, 5.41) is 0.543. The van der Waals surface area contributed by atoms with Crippen LogP contribution in [0.4, 0.5) is 4.39 Å². The van der Waals surface area contributed by atoms with Crippen LogP contribution in [0, 0.1) is 12.7 Å². The van der Waals surface area contributed by atoms with E-state index in [1.54, 1.807) is 12.1 Å². The third-order valence-corrected chi connectivity index (χ3v) is 5.85. The van der Waals surface area contributed by atoms with Crippen molar-refractivity contribution in [3.63, 3.8) is 0 Å². The summed E-state index contributed by atoms with van der Waals surface area (Å²) < 4.78 is 40.3. The predicted molar refractivity (Wildman–Crippen MR) is 98.9 cm³/mol. The minimum absolute atomic E-state index is 0.0133. The Bertz CT molecular complexity index is 903. The summed E-state index contributed by atoms with van der Waals surface area (Å²) in [6.07, 6.45) is 0. The Balaban J connectivity index is 2.03. The molecule has 2 aromatic rings. The Kier molecular flexibility index (Phi) is 6.75. The molecule has 0 aliphatic heterocycles. The van der Waals surface area contributed by atoms with Gasteiger partial charge in [-0.1, -0.05) is 29.8 Å². The van der Waals surface area contributed by atoms with Crippen LogP contribution >= 0.6 is 11.6 Å². The highest BCUT2D eigenvalue weighted by molar-refractivity contribution is 7.89. The first kappa shape index (κ1) is 20.4. The number of hydrogen-bond donors (Lipinski definition) is 1. The van der Waals surface area contributed by atoms with E-state index in [2.05, 4.69) is 4.72 Å². The summed E-state index contributed by atoms with van der Waals surface area (Å²) in [6, 6.07) is 10.6. The highest BCUT2D eigenvalue weighted by Gasteiger charge is 2.18. The largest absolute Gasteiger partial charge is 0.337 e. The molecule has 0 unspecified atom stereocenters. The van der Waals surface area contributed by atoms with Crippen LogP contribution in [0.2, 0.25) is 5.02 Å². The van der Waals surface area contributed by atoms with E-state index in [4.69, 9.17) is 11.6 Å². The third kappa shape index (κ3) is 5.27. The van der Waals surface area contributed by atoms with Gasteiger partial charge in [0, 0.05) is 31.6 Å². The van der Waals surface area contributed by atoms with Gasteiger partial charge in [-0.2, -0.15) is 0 Å². The first-order chi connectivity index (χ1) is 12.2. The Morgan fingerprint density at radius 3 is 2.54 bits per heavy atom. The van der Waals surface area contributed by atoms with Gasteiger partial charge in [0.05, 0.1) is 4.90 Å². The molecule has 0 saturated carbocycles. The first-order valence-corrected chi connectivity index (χ1v) is 9.81. The molecule has 8 heteroatoms. The maximum Gasteiger partial charge on any atom is 0.240 e. The lowest BCUT2D eigenvalue weighted by Crippen LogP contribution is -2.37. The number of nitrogens with zero attached hydrogens (tertiary/aromatic N) is 1. The maximum atomic E-state index is 13.2. The van der Waals surface area contributed by atoms with Gasteiger partial charge in [-0.25, -0.2) is 17.5 Å². The number of nitrogens with one attached hydrogen (secondary N) is 1. The van der Waals surface area contributed by atoms with E-state index in [-0.39, 0.29) is 30.4 Å². The summed E-state index contributed by atoms with van der Waals surface area (Å²) in [5.74, 6) is -0.689. The molecule has 0 atom stereocenters. The molecular weight excluding hydrogens is 379 g/mol. The van der Waals surface area contributed by atoms with Crippen LogP contribution in [0.25, 0.3) is 0 Å². The van der Waals surface area contributed by atoms with E-state index in [9.17, 15) is 17.6 Å². The Labute approximate surface area is 157 Å². The average Bonchev–Trinajstić information content (AvgIpc) is 2.55. The SMILES string of the molecule is CC(=O)N(CCNS(=O)(=O)c1ccc(F)cc1C)Cc1ccccc1Cl. The molecule has 0 aliphatic rings. The minimum atomic E-state index is -3.79. The highest BCUT2D eigenvalue weighted by atomic mass is 35.5. The summed E-state index contributed by atoms with van der Waals surface area (Å²) >= 11 is 6.11. The van der Waals surface area contributed by atoms with Crippen LogP contribution in [0.1, 0.15) is 18.1 Å². The van der Waals surface area contributed by atoms with Crippen molar-refractivity contribution in [2.45, 2.75) is 25.3 Å². The van der Waals surface area contributed by atoms with Gasteiger partial charge in [0.25, 0.3) is 0 Å². The predicted octanol–water partition coefficient (Wildman–Crippen LogP) is 3.11. The molecule has 0 heterocycles. The minimum Gasteiger partial charge on any atom is -0.337 e. The van der Waals surface area contributed by atoms with Crippen molar-refractivity contribution < 1.29 is 17.6 Å². The number of halogens is 2. The number of aryl methyl sites for hydroxylation is 1. The van der Waals surface area contributed by atoms with Crippen molar-refractivity contribution >= 4 is 27.5 Å². The van der Waals surface area contributed by atoms with Gasteiger partial charge in [-0.3, -0.25) is 4.79 Å². The van der Waals surface area contributed by atoms with Crippen molar-refractivity contribution in [3.8, 4) is 0 Å². The summed E-state index contributed by atoms with van der Waals surface area (Å²) in [7, 11) is -3.79. The first-order valence-electron chi connectivity index (χ1n) is 7.95. The molecule has 2 aromatic carbocycles. The smallest absolute Gasteiger partial charge is 0.240 e. The lowest BCUT2D eigenvalue weighted by Gasteiger charge is -2.22. The summed E-state index contributed by atoms with van der Waals surface area (Å²) in [6.45, 7) is 3.43. The molecule has 0 aromatic heterocycles. The molecule has 140 valence electrons. The fraction of sp³-hybridized carbons (Fsp3) is 0.278. The normalized spacial score (nSPS) is 11.4. The molecule has 0 bridgehead atoms. The molecule has 5 nitrogen and oxygen atoms in total. The Hall–Kier alpha value is -1.96. The molecule has 1 amide bonds. The second-order valence-electron chi connectivity index (χ2n) is 5.84. The van der Waals surface area contributed by atoms with Gasteiger partial charge in [-0.05, 0) is 42.3 Å². The maximum absolute atomic E-state index is 13.2. The second-order valence-corrected chi connectivity index (χ2v) is 7.98. The Morgan fingerprint density at radius 2 is 1.92 bits per heavy atom. The van der Waals surface area contributed by atoms with E-state index >= 15 is 0 Å². The van der Waals surface area contributed by atoms with Crippen LogP contribution in [-0.4, -0.2) is 32.3 Å². The lowest BCUT2D eigenvalue weighted by atomic mass is 10.2. The van der Waals surface area contributed by atoms with E-state index in [1.165, 1.54) is 24.8 Å². The van der Waals surface area contributed by atoms with Gasteiger partial charge in [0.2, 0.25) is 15.9 Å². The van der Waals surface area contributed by atoms with Gasteiger partial charge < -0.3 is 4.90 Å². The van der Waals surface area contributed by atoms with Crippen LogP contribution in [0.3, 0.4) is 0 Å². The molecule has 0 radical (unpaired) electrons. The van der Waals surface area contributed by atoms with Crippen LogP contribution in [0.15, 0.2) is 47.4 Å². The number of rotatable bonds is 7. The zero-order chi connectivity index (χ0) is 19.3. The molecule has 0 fully saturated rings. The number of amides is 1. The number of carbonyl (C=O) groups excluding carboxylic acids is 1. The molecule has 0 aliphatic carbocycles. The van der Waals surface area contributed by atoms with Crippen LogP contribution < -0.4 is 4.72 Å². The van der Waals surface area contributed by atoms with Crippen molar-refractivity contribution in [1.29, 1.82) is 0 Å². The van der Waals surface area contributed by atoms with Crippen LogP contribution in [-0.2, 0) is 21.4 Å². The second kappa shape index (κ2) is 8.62. The Morgan fingerprint density at radius 1 is 1.23 bits per heavy atom. The average molecular weight is 399 g/mol. The fourth-order valence-corrected chi connectivity index (χ4v) is 3.93. The van der Waals surface area contributed by atoms with E-state index in [0.29, 0.717) is 10.6 Å². The standard InChI is InChI=1S/C18H20ClFN2O3S/c1-13-11-16(20)7-8-18(13)26(24,25)21-9-10-22(14(2)23)12-15-5-3-4-6-17(15)19/h3-8,11,21H,9-10,12H2,1-2H3. The van der Waals surface area contributed by atoms with E-state index < -0.39 is 15.8 Å². The lowest BCUT2D eigenvalue weighted by molar-refractivity contribution is -0.129. The fourth-order valence-electron chi connectivity index (χ4n) is 2.49. The van der Waals surface area contributed by atoms with E-state index in [1.807, 2.05) is 12.1 Å². The topological polar surface area (TPSA) is 66.5 Å². The molecule has 2 rings (SSSR count). The van der Waals surface area contributed by atoms with Gasteiger partial charge in [0.15, 0.2) is 0 Å². The molecule has 26 heavy (non-hydrogen) atoms. The zero-order valence-electron chi connectivity index (χ0n) is 14.5. The molecule has 0 saturated heterocycles. The van der Waals surface area contributed by atoms with E-state index in [0.717, 1.165) is 17.7 Å². The van der Waals surface area contributed by atoms with Crippen molar-refractivity contribution in [2.24, 2.45) is 0 Å². The molecule has 0 spiro atoms. The van der Waals surface area contributed by atoms with Gasteiger partial charge in [0.1, 0.15) is 5.82 Å². The number of benzene rings is 2. The van der Waals surface area contributed by atoms with Gasteiger partial charge in [-0.15, -0.1) is 0 Å². The quantitative estimate of drug-likeness (QED) is 0.779. The monoisotopic (exact) mass is 398 g/mol. The van der Waals surface area contributed by atoms with Crippen molar-refractivity contribution in [1.82, 2.24) is 9.62 Å². The number of sulfonamides is 1. The van der Waals surface area contributed by atoms with Crippen LogP contribution in [0.5, 0.6) is 0 Å². The van der Waals surface area contributed by atoms with Gasteiger partial charge >= 0.3 is 0 Å². The molecular formula is C18H20ClFN2O3S. The number of hydrogen-bond acceptors (Lipinski definition) is 3. The summed E-state index contributed by atoms with van der Waals surface area (Å²) in [5.41, 5.74) is 1.10. The van der Waals surface area contributed by atoms with Crippen molar-refractivity contribution in [2.75, 3.05) is 13.1 Å². The number of carbonyl (C=O) groups is 1. The zero-order valence-corrected chi connectivity index (χ0v) is 16.1. The molecule has 1 N–H and O–H groups in total.